The van der Waals surface area contributed by atoms with E-state index in [1.54, 1.807) is 24.3 Å². The summed E-state index contributed by atoms with van der Waals surface area (Å²) in [6.45, 7) is 2.80. The van der Waals surface area contributed by atoms with Crippen molar-refractivity contribution in [2.75, 3.05) is 83.6 Å². The van der Waals surface area contributed by atoms with Crippen LogP contribution >= 0.6 is 0 Å². The number of sulfonamides is 1. The molecule has 5 rings (SSSR count). The molecular weight excluding hydrogens is 780 g/mol. The molecule has 0 aliphatic heterocycles. The molecule has 1 amide bonds. The number of anilines is 1. The number of carboxylic acids is 1. The Labute approximate surface area is 335 Å². The highest BCUT2D eigenvalue weighted by Crippen LogP contribution is 2.48. The number of benzene rings is 3. The molecule has 0 saturated heterocycles. The van der Waals surface area contributed by atoms with Crippen LogP contribution in [0.4, 0.5) is 10.1 Å². The highest BCUT2D eigenvalue weighted by atomic mass is 32.2. The van der Waals surface area contributed by atoms with Crippen molar-refractivity contribution in [3.05, 3.63) is 101 Å². The number of carbonyl (C=O) groups is 3. The maximum atomic E-state index is 13.7. The lowest BCUT2D eigenvalue weighted by Gasteiger charge is -2.25. The third kappa shape index (κ3) is 12.4. The van der Waals surface area contributed by atoms with E-state index in [1.807, 2.05) is 6.07 Å². The topological polar surface area (TPSA) is 200 Å². The second-order valence-corrected chi connectivity index (χ2v) is 15.2. The van der Waals surface area contributed by atoms with Crippen molar-refractivity contribution in [3.63, 3.8) is 0 Å². The lowest BCUT2D eigenvalue weighted by atomic mass is 10.0. The van der Waals surface area contributed by atoms with E-state index < -0.39 is 33.4 Å². The molecule has 1 aliphatic rings. The summed E-state index contributed by atoms with van der Waals surface area (Å²) in [4.78, 5) is 35.9. The molecule has 1 saturated carbocycles. The van der Waals surface area contributed by atoms with Crippen LogP contribution in [0.25, 0.3) is 22.3 Å². The van der Waals surface area contributed by atoms with Crippen molar-refractivity contribution in [2.45, 2.75) is 25.4 Å². The third-order valence-corrected chi connectivity index (χ3v) is 10.2. The molecule has 4 aromatic rings. The standard InChI is InChI=1S/C41H47FN2O13S/c1-43-40(47)38-33-23-32(28-6-7-28)34(24-37(33)57-39(38)29-8-10-31(42)11-9-29)44(58(2,50)51)12-13-52-14-15-53-16-17-54-18-19-55-20-21-56-26-27-4-3-5-30(22-27)35(45)25-36(46)41(48)49/h3-5,8-11,22-25,28,46H,6-7,12-21,26H2,1-2H3,(H,43,47)(H,48,49). The minimum absolute atomic E-state index is 0.0420. The van der Waals surface area contributed by atoms with Crippen LogP contribution in [0.15, 0.2) is 76.9 Å². The molecule has 1 aromatic heterocycles. The van der Waals surface area contributed by atoms with Crippen LogP contribution in [0.5, 0.6) is 0 Å². The van der Waals surface area contributed by atoms with E-state index in [0.717, 1.165) is 24.7 Å². The number of aliphatic hydroxyl groups excluding tert-OH is 1. The maximum absolute atomic E-state index is 13.7. The summed E-state index contributed by atoms with van der Waals surface area (Å²) in [6.07, 6.45) is 3.54. The van der Waals surface area contributed by atoms with Crippen LogP contribution in [-0.2, 0) is 45.1 Å². The fourth-order valence-corrected chi connectivity index (χ4v) is 6.93. The molecule has 0 bridgehead atoms. The highest BCUT2D eigenvalue weighted by molar-refractivity contribution is 7.92. The van der Waals surface area contributed by atoms with Gasteiger partial charge in [-0.15, -0.1) is 0 Å². The summed E-state index contributed by atoms with van der Waals surface area (Å²) >= 11 is 0. The van der Waals surface area contributed by atoms with Gasteiger partial charge in [-0.25, -0.2) is 17.6 Å². The van der Waals surface area contributed by atoms with Crippen molar-refractivity contribution >= 4 is 44.3 Å². The summed E-state index contributed by atoms with van der Waals surface area (Å²) < 4.78 is 75.2. The van der Waals surface area contributed by atoms with Crippen LogP contribution in [0, 0.1) is 5.82 Å². The Balaban J connectivity index is 0.996. The summed E-state index contributed by atoms with van der Waals surface area (Å²) in [6, 6.07) is 15.5. The van der Waals surface area contributed by atoms with Crippen molar-refractivity contribution < 1.29 is 65.5 Å². The first-order valence-corrected chi connectivity index (χ1v) is 20.4. The monoisotopic (exact) mass is 826 g/mol. The first-order chi connectivity index (χ1) is 27.9. The van der Waals surface area contributed by atoms with Crippen molar-refractivity contribution in [3.8, 4) is 11.3 Å². The molecule has 0 radical (unpaired) electrons. The molecule has 3 aromatic carbocycles. The number of ketones is 1. The average Bonchev–Trinajstić information content (AvgIpc) is 3.98. The van der Waals surface area contributed by atoms with E-state index in [0.29, 0.717) is 79.1 Å². The molecule has 0 spiro atoms. The number of amides is 1. The number of aliphatic hydroxyl groups is 1. The first kappa shape index (κ1) is 43.9. The van der Waals surface area contributed by atoms with E-state index in [1.165, 1.54) is 41.7 Å². The Kier molecular flexibility index (Phi) is 15.9. The van der Waals surface area contributed by atoms with Crippen LogP contribution < -0.4 is 9.62 Å². The van der Waals surface area contributed by atoms with E-state index in [4.69, 9.17) is 33.2 Å². The number of hydrogen-bond donors (Lipinski definition) is 3. The second kappa shape index (κ2) is 21.0. The smallest absolute Gasteiger partial charge is 0.371 e. The quantitative estimate of drug-likeness (QED) is 0.0340. The predicted molar refractivity (Wildman–Crippen MR) is 211 cm³/mol. The molecular formula is C41H47FN2O13S. The fraction of sp³-hybridized carbons (Fsp3) is 0.390. The second-order valence-electron chi connectivity index (χ2n) is 13.3. The van der Waals surface area contributed by atoms with E-state index in [9.17, 15) is 32.3 Å². The lowest BCUT2D eigenvalue weighted by Crippen LogP contribution is -2.34. The van der Waals surface area contributed by atoms with Gasteiger partial charge >= 0.3 is 5.97 Å². The molecule has 3 N–H and O–H groups in total. The van der Waals surface area contributed by atoms with Crippen LogP contribution in [0.3, 0.4) is 0 Å². The molecule has 15 nitrogen and oxygen atoms in total. The number of nitrogens with zero attached hydrogens (tertiary/aromatic N) is 1. The van der Waals surface area contributed by atoms with Gasteiger partial charge in [0.05, 0.1) is 90.1 Å². The van der Waals surface area contributed by atoms with Gasteiger partial charge in [-0.2, -0.15) is 0 Å². The van der Waals surface area contributed by atoms with Crippen molar-refractivity contribution in [2.24, 2.45) is 0 Å². The van der Waals surface area contributed by atoms with E-state index >= 15 is 0 Å². The normalized spacial score (nSPS) is 13.2. The van der Waals surface area contributed by atoms with E-state index in [-0.39, 0.29) is 56.1 Å². The van der Waals surface area contributed by atoms with Gasteiger partial charge in [0.15, 0.2) is 5.78 Å². The van der Waals surface area contributed by atoms with Gasteiger partial charge in [-0.05, 0) is 66.3 Å². The molecule has 1 heterocycles. The predicted octanol–water partition coefficient (Wildman–Crippen LogP) is 5.23. The maximum Gasteiger partial charge on any atom is 0.371 e. The fourth-order valence-electron chi connectivity index (χ4n) is 6.01. The Morgan fingerprint density at radius 2 is 1.47 bits per heavy atom. The molecule has 0 atom stereocenters. The zero-order chi connectivity index (χ0) is 41.7. The number of aliphatic carboxylic acids is 1. The van der Waals surface area contributed by atoms with E-state index in [2.05, 4.69) is 5.32 Å². The molecule has 17 heteroatoms. The van der Waals surface area contributed by atoms with Gasteiger partial charge in [-0.1, -0.05) is 18.2 Å². The minimum Gasteiger partial charge on any atom is -0.502 e. The SMILES string of the molecule is CNC(=O)c1c(-c2ccc(F)cc2)oc2cc(N(CCOCCOCCOCCOCCOCc3cccc(C(=O)C=C(O)C(=O)O)c3)S(C)(=O)=O)c(C3CC3)cc12. The number of nitrogens with one attached hydrogen (secondary N) is 1. The Hall–Kier alpha value is -5.17. The molecule has 312 valence electrons. The Morgan fingerprint density at radius 1 is 0.862 bits per heavy atom. The van der Waals surface area contributed by atoms with Gasteiger partial charge in [0.1, 0.15) is 17.2 Å². The third-order valence-electron chi connectivity index (χ3n) is 8.98. The zero-order valence-electron chi connectivity index (χ0n) is 32.2. The highest BCUT2D eigenvalue weighted by Gasteiger charge is 2.33. The van der Waals surface area contributed by atoms with Crippen molar-refractivity contribution in [1.29, 1.82) is 0 Å². The van der Waals surface area contributed by atoms with Gasteiger partial charge in [0.25, 0.3) is 5.91 Å². The van der Waals surface area contributed by atoms with Gasteiger partial charge in [0.2, 0.25) is 15.8 Å². The van der Waals surface area contributed by atoms with Crippen molar-refractivity contribution in [1.82, 2.24) is 5.32 Å². The Morgan fingerprint density at radius 3 is 2.03 bits per heavy atom. The molecule has 1 fully saturated rings. The number of ether oxygens (including phenoxy) is 5. The number of allylic oxidation sites excluding steroid dienone is 1. The molecule has 58 heavy (non-hydrogen) atoms. The molecule has 0 unspecified atom stereocenters. The van der Waals surface area contributed by atoms with Crippen LogP contribution in [-0.4, -0.2) is 116 Å². The number of rotatable bonds is 25. The molecule has 1 aliphatic carbocycles. The number of furan rings is 1. The number of hydrogen-bond acceptors (Lipinski definition) is 12. The largest absolute Gasteiger partial charge is 0.502 e. The van der Waals surface area contributed by atoms with Gasteiger partial charge in [-0.3, -0.25) is 13.9 Å². The number of carboxylic acid groups (broad SMARTS) is 1. The number of fused-ring (bicyclic) bond motifs is 1. The Bertz CT molecular complexity index is 2180. The lowest BCUT2D eigenvalue weighted by molar-refractivity contribution is -0.135. The number of halogens is 1. The average molecular weight is 827 g/mol. The van der Waals surface area contributed by atoms with Crippen LogP contribution in [0.2, 0.25) is 0 Å². The minimum atomic E-state index is -3.74. The van der Waals surface area contributed by atoms with Gasteiger partial charge < -0.3 is 43.6 Å². The van der Waals surface area contributed by atoms with Crippen LogP contribution in [0.1, 0.15) is 50.6 Å². The first-order valence-electron chi connectivity index (χ1n) is 18.6. The zero-order valence-corrected chi connectivity index (χ0v) is 33.1. The summed E-state index contributed by atoms with van der Waals surface area (Å²) in [7, 11) is -2.23. The summed E-state index contributed by atoms with van der Waals surface area (Å²) in [5.74, 6) is -3.68. The number of carbonyl (C=O) groups excluding carboxylic acids is 2. The summed E-state index contributed by atoms with van der Waals surface area (Å²) in [5, 5.41) is 21.2. The van der Waals surface area contributed by atoms with Gasteiger partial charge in [0, 0.05) is 35.7 Å². The summed E-state index contributed by atoms with van der Waals surface area (Å²) in [5.41, 5.74) is 3.30.